The third-order valence-corrected chi connectivity index (χ3v) is 11.4. The molecule has 10 nitrogen and oxygen atoms in total. The van der Waals surface area contributed by atoms with Crippen LogP contribution in [0.3, 0.4) is 0 Å². The predicted octanol–water partition coefficient (Wildman–Crippen LogP) is 5.82. The van der Waals surface area contributed by atoms with Gasteiger partial charge >= 0.3 is 0 Å². The van der Waals surface area contributed by atoms with Crippen LogP contribution in [-0.2, 0) is 20.0 Å². The van der Waals surface area contributed by atoms with Crippen molar-refractivity contribution in [2.45, 2.75) is 16.7 Å². The Morgan fingerprint density at radius 1 is 0.587 bits per heavy atom. The van der Waals surface area contributed by atoms with E-state index >= 15 is 0 Å². The summed E-state index contributed by atoms with van der Waals surface area (Å²) in [5.41, 5.74) is 1.27. The van der Waals surface area contributed by atoms with Gasteiger partial charge < -0.3 is 10.2 Å². The molecule has 0 saturated heterocycles. The van der Waals surface area contributed by atoms with Crippen LogP contribution in [0.4, 0.5) is 0 Å². The summed E-state index contributed by atoms with van der Waals surface area (Å²) < 4.78 is 51.9. The topological polar surface area (TPSA) is 149 Å². The summed E-state index contributed by atoms with van der Waals surface area (Å²) in [7, 11) is -5.26. The molecular formula is C33H27ClN2O8S2. The SMILES string of the molecule is CN1C(=C(O)c2ccc(Cl)cc2)C(=O)c2ccccc2S1(=O)=O.Cc1ccc(C(O)=C2C(=O)c3ccccc3S(=O)(=O)N2C)cc1. The molecule has 0 aliphatic carbocycles. The van der Waals surface area contributed by atoms with Gasteiger partial charge in [0.05, 0.1) is 9.79 Å². The first-order valence-electron chi connectivity index (χ1n) is 13.6. The van der Waals surface area contributed by atoms with Gasteiger partial charge in [-0.1, -0.05) is 65.7 Å². The number of nitrogens with zero attached hydrogens (tertiary/aromatic N) is 2. The lowest BCUT2D eigenvalue weighted by Gasteiger charge is -2.28. The standard InChI is InChI=1S/C17H15NO4S.C16H12ClNO4S/c1-11-7-9-12(10-8-11)16(19)15-17(20)13-5-3-4-6-14(13)23(21,22)18(15)2;1-18-14(15(19)10-6-8-11(17)9-7-10)16(20)12-4-2-3-5-13(12)23(18,21)22/h3-10,19H,1-2H3;2-9,19H,1H3. The fourth-order valence-corrected chi connectivity index (χ4v) is 7.85. The Morgan fingerprint density at radius 2 is 0.935 bits per heavy atom. The molecule has 236 valence electrons. The number of rotatable bonds is 2. The number of hydrogen-bond acceptors (Lipinski definition) is 8. The molecule has 0 radical (unpaired) electrons. The van der Waals surface area contributed by atoms with Crippen molar-refractivity contribution in [3.8, 4) is 0 Å². The number of likely N-dealkylation sites (N-methyl/N-ethyl adjacent to an activating group) is 2. The van der Waals surface area contributed by atoms with Crippen LogP contribution in [0, 0.1) is 6.92 Å². The highest BCUT2D eigenvalue weighted by Crippen LogP contribution is 2.35. The molecule has 0 atom stereocenters. The van der Waals surface area contributed by atoms with Crippen LogP contribution in [0.1, 0.15) is 37.4 Å². The lowest BCUT2D eigenvalue weighted by molar-refractivity contribution is 0.0995. The number of ketones is 2. The lowest BCUT2D eigenvalue weighted by Crippen LogP contribution is -2.37. The van der Waals surface area contributed by atoms with E-state index in [1.807, 2.05) is 6.92 Å². The number of allylic oxidation sites excluding steroid dienone is 2. The van der Waals surface area contributed by atoms with E-state index in [9.17, 15) is 36.6 Å². The van der Waals surface area contributed by atoms with E-state index in [1.165, 1.54) is 50.5 Å². The largest absolute Gasteiger partial charge is 0.505 e. The van der Waals surface area contributed by atoms with Crippen molar-refractivity contribution >= 4 is 54.7 Å². The van der Waals surface area contributed by atoms with E-state index in [0.29, 0.717) is 16.1 Å². The monoisotopic (exact) mass is 678 g/mol. The van der Waals surface area contributed by atoms with Crippen LogP contribution in [0.5, 0.6) is 0 Å². The van der Waals surface area contributed by atoms with Gasteiger partial charge in [-0.2, -0.15) is 0 Å². The van der Waals surface area contributed by atoms with Crippen molar-refractivity contribution in [2.24, 2.45) is 0 Å². The number of aliphatic hydroxyl groups is 2. The zero-order valence-corrected chi connectivity index (χ0v) is 27.1. The predicted molar refractivity (Wildman–Crippen MR) is 173 cm³/mol. The van der Waals surface area contributed by atoms with Crippen LogP contribution in [0.2, 0.25) is 5.02 Å². The first-order valence-corrected chi connectivity index (χ1v) is 16.9. The van der Waals surface area contributed by atoms with Crippen LogP contribution >= 0.6 is 11.6 Å². The summed E-state index contributed by atoms with van der Waals surface area (Å²) in [5.74, 6) is -1.83. The minimum atomic E-state index is -3.90. The third kappa shape index (κ3) is 5.55. The lowest BCUT2D eigenvalue weighted by atomic mass is 10.0. The maximum absolute atomic E-state index is 12.7. The quantitative estimate of drug-likeness (QED) is 0.199. The Morgan fingerprint density at radius 3 is 1.33 bits per heavy atom. The van der Waals surface area contributed by atoms with E-state index in [0.717, 1.165) is 14.2 Å². The molecule has 2 heterocycles. The van der Waals surface area contributed by atoms with Gasteiger partial charge in [0.2, 0.25) is 11.6 Å². The molecule has 2 N–H and O–H groups in total. The Hall–Kier alpha value is -4.91. The molecule has 4 aromatic carbocycles. The molecule has 46 heavy (non-hydrogen) atoms. The molecule has 6 rings (SSSR count). The molecule has 2 aliphatic rings. The number of benzene rings is 4. The number of sulfonamides is 2. The average Bonchev–Trinajstić information content (AvgIpc) is 3.04. The molecule has 0 fully saturated rings. The first kappa shape index (κ1) is 32.5. The number of aryl methyl sites for hydroxylation is 1. The molecule has 0 unspecified atom stereocenters. The molecule has 2 aliphatic heterocycles. The number of carbonyl (C=O) groups excluding carboxylic acids is 2. The minimum absolute atomic E-state index is 0.0427. The van der Waals surface area contributed by atoms with Gasteiger partial charge in [0.25, 0.3) is 20.0 Å². The highest BCUT2D eigenvalue weighted by Gasteiger charge is 2.40. The van der Waals surface area contributed by atoms with E-state index in [-0.39, 0.29) is 38.1 Å². The highest BCUT2D eigenvalue weighted by atomic mass is 35.5. The normalized spacial score (nSPS) is 18.5. The van der Waals surface area contributed by atoms with Crippen LogP contribution < -0.4 is 0 Å². The Balaban J connectivity index is 0.000000181. The van der Waals surface area contributed by atoms with Crippen molar-refractivity contribution in [3.63, 3.8) is 0 Å². The van der Waals surface area contributed by atoms with Gasteiger partial charge in [0.15, 0.2) is 11.5 Å². The zero-order valence-electron chi connectivity index (χ0n) is 24.7. The summed E-state index contributed by atoms with van der Waals surface area (Å²) in [5, 5.41) is 21.4. The second-order valence-electron chi connectivity index (χ2n) is 10.4. The number of carbonyl (C=O) groups is 2. The van der Waals surface area contributed by atoms with Crippen LogP contribution in [0.15, 0.2) is 118 Å². The summed E-state index contributed by atoms with van der Waals surface area (Å²) in [6.45, 7) is 1.90. The fourth-order valence-electron chi connectivity index (χ4n) is 4.94. The number of halogens is 1. The van der Waals surface area contributed by atoms with E-state index in [1.54, 1.807) is 60.7 Å². The number of aliphatic hydroxyl groups excluding tert-OH is 2. The summed E-state index contributed by atoms with van der Waals surface area (Å²) in [6, 6.07) is 24.9. The van der Waals surface area contributed by atoms with Gasteiger partial charge in [-0.05, 0) is 55.5 Å². The van der Waals surface area contributed by atoms with E-state index < -0.39 is 37.4 Å². The number of fused-ring (bicyclic) bond motifs is 2. The van der Waals surface area contributed by atoms with Crippen molar-refractivity contribution in [2.75, 3.05) is 14.1 Å². The average molecular weight is 679 g/mol. The maximum atomic E-state index is 12.7. The number of Topliss-reactive ketones (excluding diaryl/α,β-unsaturated/α-hetero) is 2. The van der Waals surface area contributed by atoms with Crippen molar-refractivity contribution in [1.82, 2.24) is 8.61 Å². The van der Waals surface area contributed by atoms with E-state index in [4.69, 9.17) is 11.6 Å². The Bertz CT molecular complexity index is 2020. The highest BCUT2D eigenvalue weighted by molar-refractivity contribution is 7.89. The summed E-state index contributed by atoms with van der Waals surface area (Å²) >= 11 is 5.80. The van der Waals surface area contributed by atoms with Crippen LogP contribution in [-0.4, -0.2) is 61.3 Å². The van der Waals surface area contributed by atoms with Crippen molar-refractivity contribution < 1.29 is 36.6 Å². The summed E-state index contributed by atoms with van der Waals surface area (Å²) in [6.07, 6.45) is 0. The number of hydrogen-bond donors (Lipinski definition) is 2. The fraction of sp³-hybridized carbons (Fsp3) is 0.0909. The van der Waals surface area contributed by atoms with Crippen LogP contribution in [0.25, 0.3) is 11.5 Å². The van der Waals surface area contributed by atoms with Gasteiger partial charge in [-0.25, -0.2) is 16.8 Å². The molecule has 4 aromatic rings. The van der Waals surface area contributed by atoms with Crippen molar-refractivity contribution in [1.29, 1.82) is 0 Å². The van der Waals surface area contributed by atoms with Gasteiger partial charge in [0.1, 0.15) is 11.4 Å². The molecule has 13 heteroatoms. The molecule has 0 amide bonds. The van der Waals surface area contributed by atoms with Gasteiger partial charge in [-0.15, -0.1) is 0 Å². The van der Waals surface area contributed by atoms with E-state index in [2.05, 4.69) is 0 Å². The first-order chi connectivity index (χ1) is 21.7. The van der Waals surface area contributed by atoms with Crippen molar-refractivity contribution in [3.05, 3.63) is 141 Å². The van der Waals surface area contributed by atoms with Gasteiger partial charge in [0, 0.05) is 41.4 Å². The molecule has 0 saturated carbocycles. The molecule has 0 bridgehead atoms. The second-order valence-corrected chi connectivity index (χ2v) is 14.7. The third-order valence-electron chi connectivity index (χ3n) is 7.49. The second kappa shape index (κ2) is 12.1. The minimum Gasteiger partial charge on any atom is -0.505 e. The maximum Gasteiger partial charge on any atom is 0.265 e. The molecule has 0 aromatic heterocycles. The molecule has 0 spiro atoms. The Kier molecular flexibility index (Phi) is 8.56. The van der Waals surface area contributed by atoms with Gasteiger partial charge in [-0.3, -0.25) is 18.2 Å². The Labute approximate surface area is 271 Å². The summed E-state index contributed by atoms with van der Waals surface area (Å²) in [4.78, 5) is 25.2. The molecular weight excluding hydrogens is 652 g/mol. The smallest absolute Gasteiger partial charge is 0.265 e. The zero-order chi connectivity index (χ0) is 33.6.